The molecule has 0 amide bonds. The molecule has 0 radical (unpaired) electrons. The molecule has 1 aromatic carbocycles. The number of sulfonamides is 1. The van der Waals surface area contributed by atoms with Crippen molar-refractivity contribution in [2.75, 3.05) is 10.5 Å². The summed E-state index contributed by atoms with van der Waals surface area (Å²) in [6.07, 6.45) is 2.73. The highest BCUT2D eigenvalue weighted by Gasteiger charge is 2.18. The number of aromatic nitrogens is 2. The van der Waals surface area contributed by atoms with Crippen molar-refractivity contribution in [3.05, 3.63) is 40.8 Å². The molecule has 0 aliphatic rings. The predicted molar refractivity (Wildman–Crippen MR) is 76.1 cm³/mol. The van der Waals surface area contributed by atoms with Crippen LogP contribution in [0.3, 0.4) is 0 Å². The molecule has 0 aliphatic heterocycles. The number of halogens is 1. The van der Waals surface area contributed by atoms with Gasteiger partial charge in [0.15, 0.2) is 5.82 Å². The Morgan fingerprint density at radius 2 is 2.00 bits per heavy atom. The van der Waals surface area contributed by atoms with Gasteiger partial charge in [-0.15, -0.1) is 0 Å². The van der Waals surface area contributed by atoms with Gasteiger partial charge in [0, 0.05) is 5.69 Å². The molecule has 0 bridgehead atoms. The van der Waals surface area contributed by atoms with Crippen molar-refractivity contribution in [1.82, 2.24) is 9.97 Å². The maximum absolute atomic E-state index is 12.2. The number of hydrogen-bond donors (Lipinski definition) is 2. The highest BCUT2D eigenvalue weighted by atomic mass is 79.9. The minimum atomic E-state index is -3.73. The molecule has 0 saturated heterocycles. The molecule has 0 spiro atoms. The lowest BCUT2D eigenvalue weighted by molar-refractivity contribution is 0.600. The molecule has 1 heterocycles. The van der Waals surface area contributed by atoms with E-state index in [4.69, 9.17) is 5.73 Å². The van der Waals surface area contributed by atoms with Crippen molar-refractivity contribution in [2.45, 2.75) is 11.8 Å². The van der Waals surface area contributed by atoms with Crippen LogP contribution < -0.4 is 10.5 Å². The highest BCUT2D eigenvalue weighted by molar-refractivity contribution is 9.10. The van der Waals surface area contributed by atoms with Crippen molar-refractivity contribution < 1.29 is 8.42 Å². The normalized spacial score (nSPS) is 11.3. The molecule has 0 unspecified atom stereocenters. The van der Waals surface area contributed by atoms with Crippen molar-refractivity contribution in [3.63, 3.8) is 0 Å². The van der Waals surface area contributed by atoms with Crippen molar-refractivity contribution >= 4 is 37.5 Å². The number of nitrogens with zero attached hydrogens (tertiary/aromatic N) is 2. The van der Waals surface area contributed by atoms with Crippen LogP contribution in [0.2, 0.25) is 0 Å². The Hall–Kier alpha value is -1.67. The standard InChI is InChI=1S/C11H11BrN4O2S/c1-7-8(13)3-2-4-9(7)19(17,18)16-11-6-14-10(12)5-15-11/h2-6H,13H2,1H3,(H,15,16). The van der Waals surface area contributed by atoms with Crippen molar-refractivity contribution in [1.29, 1.82) is 0 Å². The summed E-state index contributed by atoms with van der Waals surface area (Å²) >= 11 is 3.12. The van der Waals surface area contributed by atoms with Crippen LogP contribution in [-0.4, -0.2) is 18.4 Å². The molecule has 1 aromatic heterocycles. The first-order valence-electron chi connectivity index (χ1n) is 5.25. The molecule has 0 fully saturated rings. The maximum atomic E-state index is 12.2. The number of nitrogen functional groups attached to an aromatic ring is 1. The molecule has 8 heteroatoms. The summed E-state index contributed by atoms with van der Waals surface area (Å²) in [5.74, 6) is 0.144. The van der Waals surface area contributed by atoms with E-state index in [0.29, 0.717) is 15.9 Å². The van der Waals surface area contributed by atoms with E-state index in [1.807, 2.05) is 0 Å². The lowest BCUT2D eigenvalue weighted by atomic mass is 10.2. The first-order chi connectivity index (χ1) is 8.90. The molecule has 6 nitrogen and oxygen atoms in total. The molecule has 2 aromatic rings. The van der Waals surface area contributed by atoms with Gasteiger partial charge in [-0.2, -0.15) is 0 Å². The fourth-order valence-corrected chi connectivity index (χ4v) is 2.95. The topological polar surface area (TPSA) is 98.0 Å². The smallest absolute Gasteiger partial charge is 0.263 e. The van der Waals surface area contributed by atoms with Gasteiger partial charge in [-0.05, 0) is 40.5 Å². The lowest BCUT2D eigenvalue weighted by Gasteiger charge is -2.10. The molecule has 100 valence electrons. The second-order valence-corrected chi connectivity index (χ2v) is 6.26. The summed E-state index contributed by atoms with van der Waals surface area (Å²) in [6, 6.07) is 4.72. The minimum Gasteiger partial charge on any atom is -0.398 e. The number of nitrogens with two attached hydrogens (primary N) is 1. The van der Waals surface area contributed by atoms with Crippen LogP contribution in [0, 0.1) is 6.92 Å². The Bertz CT molecular complexity index is 701. The molecular formula is C11H11BrN4O2S. The highest BCUT2D eigenvalue weighted by Crippen LogP contribution is 2.22. The van der Waals surface area contributed by atoms with E-state index in [2.05, 4.69) is 30.6 Å². The average Bonchev–Trinajstić information content (AvgIpc) is 2.35. The Labute approximate surface area is 119 Å². The monoisotopic (exact) mass is 342 g/mol. The van der Waals surface area contributed by atoms with Gasteiger partial charge in [-0.25, -0.2) is 18.4 Å². The predicted octanol–water partition coefficient (Wildman–Crippen LogP) is 1.93. The fraction of sp³-hybridized carbons (Fsp3) is 0.0909. The van der Waals surface area contributed by atoms with Gasteiger partial charge in [-0.3, -0.25) is 4.72 Å². The minimum absolute atomic E-state index is 0.122. The summed E-state index contributed by atoms with van der Waals surface area (Å²) < 4.78 is 27.3. The van der Waals surface area contributed by atoms with Gasteiger partial charge in [-0.1, -0.05) is 6.07 Å². The summed E-state index contributed by atoms with van der Waals surface area (Å²) in [5, 5.41) is 0. The zero-order valence-electron chi connectivity index (χ0n) is 9.96. The third-order valence-corrected chi connectivity index (χ3v) is 4.38. The SMILES string of the molecule is Cc1c(N)cccc1S(=O)(=O)Nc1cnc(Br)cn1. The Morgan fingerprint density at radius 3 is 2.63 bits per heavy atom. The van der Waals surface area contributed by atoms with E-state index in [-0.39, 0.29) is 10.7 Å². The Morgan fingerprint density at radius 1 is 1.26 bits per heavy atom. The quantitative estimate of drug-likeness (QED) is 0.830. The van der Waals surface area contributed by atoms with Crippen LogP contribution in [0.5, 0.6) is 0 Å². The first kappa shape index (κ1) is 13.8. The van der Waals surface area contributed by atoms with Crippen LogP contribution in [0.25, 0.3) is 0 Å². The van der Waals surface area contributed by atoms with Crippen LogP contribution in [0.4, 0.5) is 11.5 Å². The van der Waals surface area contributed by atoms with E-state index < -0.39 is 10.0 Å². The summed E-state index contributed by atoms with van der Waals surface area (Å²) in [4.78, 5) is 7.93. The summed E-state index contributed by atoms with van der Waals surface area (Å²) in [7, 11) is -3.73. The number of nitrogens with one attached hydrogen (secondary N) is 1. The third kappa shape index (κ3) is 3.02. The summed E-state index contributed by atoms with van der Waals surface area (Å²) in [6.45, 7) is 1.65. The maximum Gasteiger partial charge on any atom is 0.263 e. The molecule has 0 saturated carbocycles. The van der Waals surface area contributed by atoms with Gasteiger partial charge in [0.2, 0.25) is 0 Å². The van der Waals surface area contributed by atoms with Gasteiger partial charge >= 0.3 is 0 Å². The number of rotatable bonds is 3. The Kier molecular flexibility index (Phi) is 3.72. The van der Waals surface area contributed by atoms with E-state index in [1.54, 1.807) is 19.1 Å². The van der Waals surface area contributed by atoms with E-state index in [9.17, 15) is 8.42 Å². The van der Waals surface area contributed by atoms with Crippen LogP contribution in [0.1, 0.15) is 5.56 Å². The molecular weight excluding hydrogens is 332 g/mol. The van der Waals surface area contributed by atoms with Gasteiger partial charge < -0.3 is 5.73 Å². The van der Waals surface area contributed by atoms with Crippen molar-refractivity contribution in [3.8, 4) is 0 Å². The third-order valence-electron chi connectivity index (χ3n) is 2.47. The zero-order valence-corrected chi connectivity index (χ0v) is 12.4. The molecule has 2 rings (SSSR count). The number of benzene rings is 1. The largest absolute Gasteiger partial charge is 0.398 e. The molecule has 19 heavy (non-hydrogen) atoms. The van der Waals surface area contributed by atoms with Gasteiger partial charge in [0.25, 0.3) is 10.0 Å². The van der Waals surface area contributed by atoms with Crippen LogP contribution in [-0.2, 0) is 10.0 Å². The van der Waals surface area contributed by atoms with E-state index in [0.717, 1.165) is 0 Å². The van der Waals surface area contributed by atoms with Gasteiger partial charge in [0.05, 0.1) is 17.3 Å². The average molecular weight is 343 g/mol. The Balaban J connectivity index is 2.38. The molecule has 0 atom stereocenters. The molecule has 0 aliphatic carbocycles. The number of anilines is 2. The lowest BCUT2D eigenvalue weighted by Crippen LogP contribution is -2.15. The van der Waals surface area contributed by atoms with Gasteiger partial charge in [0.1, 0.15) is 4.60 Å². The van der Waals surface area contributed by atoms with E-state index in [1.165, 1.54) is 18.5 Å². The van der Waals surface area contributed by atoms with Crippen LogP contribution in [0.15, 0.2) is 40.1 Å². The van der Waals surface area contributed by atoms with Crippen molar-refractivity contribution in [2.24, 2.45) is 0 Å². The number of hydrogen-bond acceptors (Lipinski definition) is 5. The zero-order chi connectivity index (χ0) is 14.0. The molecule has 3 N–H and O–H groups in total. The fourth-order valence-electron chi connectivity index (χ4n) is 1.48. The van der Waals surface area contributed by atoms with Crippen LogP contribution >= 0.6 is 15.9 Å². The first-order valence-corrected chi connectivity index (χ1v) is 7.53. The summed E-state index contributed by atoms with van der Waals surface area (Å²) in [5.41, 5.74) is 6.63. The van der Waals surface area contributed by atoms with E-state index >= 15 is 0 Å². The second kappa shape index (κ2) is 5.14. The second-order valence-electron chi connectivity index (χ2n) is 3.80.